The molecule has 6 nitrogen and oxygen atoms in total. The summed E-state index contributed by atoms with van der Waals surface area (Å²) in [5.74, 6) is -1.26. The summed E-state index contributed by atoms with van der Waals surface area (Å²) in [6.45, 7) is 4.22. The Kier molecular flexibility index (Phi) is 4.47. The zero-order chi connectivity index (χ0) is 14.5. The summed E-state index contributed by atoms with van der Waals surface area (Å²) in [4.78, 5) is 26.4. The van der Waals surface area contributed by atoms with E-state index in [9.17, 15) is 9.59 Å². The summed E-state index contributed by atoms with van der Waals surface area (Å²) in [6, 6.07) is 5.14. The molecule has 0 aromatic carbocycles. The van der Waals surface area contributed by atoms with Gasteiger partial charge in [-0.1, -0.05) is 6.07 Å². The number of pyridine rings is 1. The molecular weight excluding hydrogens is 258 g/mol. The van der Waals surface area contributed by atoms with Gasteiger partial charge in [0.25, 0.3) is 5.56 Å². The van der Waals surface area contributed by atoms with Gasteiger partial charge in [0.2, 0.25) is 0 Å². The third kappa shape index (κ3) is 3.03. The van der Waals surface area contributed by atoms with Gasteiger partial charge in [-0.15, -0.1) is 0 Å². The second-order valence-corrected chi connectivity index (χ2v) is 4.60. The summed E-state index contributed by atoms with van der Waals surface area (Å²) in [5.41, 5.74) is 0.241. The van der Waals surface area contributed by atoms with Crippen LogP contribution in [-0.2, 0) is 0 Å². The first kappa shape index (κ1) is 14.2. The SMILES string of the molecule is C1CCNC1.Cc1cccc2ncc(C(=O)O)c(=O)n12. The molecule has 0 atom stereocenters. The number of nitrogens with zero attached hydrogens (tertiary/aromatic N) is 2. The van der Waals surface area contributed by atoms with Gasteiger partial charge in [-0.3, -0.25) is 9.20 Å². The summed E-state index contributed by atoms with van der Waals surface area (Å²) in [6.07, 6.45) is 3.86. The quantitative estimate of drug-likeness (QED) is 0.813. The van der Waals surface area contributed by atoms with Crippen molar-refractivity contribution >= 4 is 11.6 Å². The predicted octanol–water partition coefficient (Wildman–Crippen LogP) is 1.07. The molecule has 1 saturated heterocycles. The fourth-order valence-corrected chi connectivity index (χ4v) is 2.05. The molecule has 0 bridgehead atoms. The van der Waals surface area contributed by atoms with Crippen molar-refractivity contribution < 1.29 is 9.90 Å². The molecule has 1 fully saturated rings. The van der Waals surface area contributed by atoms with Crippen molar-refractivity contribution in [3.63, 3.8) is 0 Å². The maximum absolute atomic E-state index is 11.7. The van der Waals surface area contributed by atoms with Crippen LogP contribution in [0, 0.1) is 6.92 Å². The number of aromatic nitrogens is 2. The molecule has 1 aliphatic heterocycles. The van der Waals surface area contributed by atoms with Crippen LogP contribution in [-0.4, -0.2) is 33.6 Å². The fourth-order valence-electron chi connectivity index (χ4n) is 2.05. The molecule has 0 spiro atoms. The average molecular weight is 275 g/mol. The molecule has 0 aliphatic carbocycles. The van der Waals surface area contributed by atoms with Gasteiger partial charge in [-0.2, -0.15) is 0 Å². The highest BCUT2D eigenvalue weighted by molar-refractivity contribution is 5.86. The summed E-state index contributed by atoms with van der Waals surface area (Å²) >= 11 is 0. The molecule has 106 valence electrons. The standard InChI is InChI=1S/C10H8N2O3.C4H9N/c1-6-3-2-4-8-11-5-7(10(14)15)9(13)12(6)8;1-2-4-5-3-1/h2-5H,1H3,(H,14,15);5H,1-4H2. The van der Waals surface area contributed by atoms with Crippen molar-refractivity contribution in [3.05, 3.63) is 46.0 Å². The molecule has 2 aromatic heterocycles. The highest BCUT2D eigenvalue weighted by Gasteiger charge is 2.11. The van der Waals surface area contributed by atoms with Crippen molar-refractivity contribution in [2.45, 2.75) is 19.8 Å². The number of hydrogen-bond donors (Lipinski definition) is 2. The number of carboxylic acids is 1. The van der Waals surface area contributed by atoms with Gasteiger partial charge < -0.3 is 10.4 Å². The minimum Gasteiger partial charge on any atom is -0.477 e. The molecule has 2 aromatic rings. The maximum atomic E-state index is 11.7. The second kappa shape index (κ2) is 6.29. The van der Waals surface area contributed by atoms with Crippen molar-refractivity contribution in [1.29, 1.82) is 0 Å². The van der Waals surface area contributed by atoms with E-state index in [4.69, 9.17) is 5.11 Å². The molecule has 6 heteroatoms. The van der Waals surface area contributed by atoms with Crippen molar-refractivity contribution in [1.82, 2.24) is 14.7 Å². The van der Waals surface area contributed by atoms with Gasteiger partial charge in [-0.25, -0.2) is 9.78 Å². The summed E-state index contributed by atoms with van der Waals surface area (Å²) < 4.78 is 1.28. The monoisotopic (exact) mass is 275 g/mol. The Balaban J connectivity index is 0.000000247. The van der Waals surface area contributed by atoms with Gasteiger partial charge in [0.15, 0.2) is 0 Å². The van der Waals surface area contributed by atoms with Crippen LogP contribution in [0.5, 0.6) is 0 Å². The van der Waals surface area contributed by atoms with E-state index in [1.54, 1.807) is 25.1 Å². The van der Waals surface area contributed by atoms with E-state index in [2.05, 4.69) is 10.3 Å². The largest absolute Gasteiger partial charge is 0.477 e. The van der Waals surface area contributed by atoms with Gasteiger partial charge in [0.05, 0.1) is 0 Å². The number of hydrogen-bond acceptors (Lipinski definition) is 4. The van der Waals surface area contributed by atoms with Gasteiger partial charge in [0.1, 0.15) is 11.2 Å². The van der Waals surface area contributed by atoms with E-state index < -0.39 is 11.5 Å². The number of nitrogens with one attached hydrogen (secondary N) is 1. The van der Waals surface area contributed by atoms with Crippen LogP contribution in [0.1, 0.15) is 28.9 Å². The van der Waals surface area contributed by atoms with E-state index in [1.807, 2.05) is 0 Å². The van der Waals surface area contributed by atoms with Crippen LogP contribution in [0.15, 0.2) is 29.2 Å². The number of aryl methyl sites for hydroxylation is 1. The first-order valence-corrected chi connectivity index (χ1v) is 6.52. The maximum Gasteiger partial charge on any atom is 0.342 e. The molecule has 1 aliphatic rings. The Morgan fingerprint density at radius 3 is 2.60 bits per heavy atom. The zero-order valence-corrected chi connectivity index (χ0v) is 11.3. The van der Waals surface area contributed by atoms with Crippen molar-refractivity contribution in [3.8, 4) is 0 Å². The smallest absolute Gasteiger partial charge is 0.342 e. The fraction of sp³-hybridized carbons (Fsp3) is 0.357. The van der Waals surface area contributed by atoms with E-state index in [0.29, 0.717) is 11.3 Å². The number of rotatable bonds is 1. The summed E-state index contributed by atoms with van der Waals surface area (Å²) in [7, 11) is 0. The topological polar surface area (TPSA) is 83.7 Å². The Morgan fingerprint density at radius 2 is 2.05 bits per heavy atom. The predicted molar refractivity (Wildman–Crippen MR) is 75.3 cm³/mol. The van der Waals surface area contributed by atoms with Gasteiger partial charge in [-0.05, 0) is 45.0 Å². The van der Waals surface area contributed by atoms with Crippen LogP contribution in [0.4, 0.5) is 0 Å². The lowest BCUT2D eigenvalue weighted by Crippen LogP contribution is -2.24. The molecule has 20 heavy (non-hydrogen) atoms. The Labute approximate surface area is 116 Å². The highest BCUT2D eigenvalue weighted by atomic mass is 16.4. The zero-order valence-electron chi connectivity index (χ0n) is 11.3. The van der Waals surface area contributed by atoms with Crippen LogP contribution in [0.25, 0.3) is 5.65 Å². The number of fused-ring (bicyclic) bond motifs is 1. The lowest BCUT2D eigenvalue weighted by atomic mass is 10.3. The third-order valence-corrected chi connectivity index (χ3v) is 3.11. The van der Waals surface area contributed by atoms with Crippen LogP contribution >= 0.6 is 0 Å². The molecule has 3 rings (SSSR count). The summed E-state index contributed by atoms with van der Waals surface area (Å²) in [5, 5.41) is 12.0. The Hall–Kier alpha value is -2.21. The van der Waals surface area contributed by atoms with Crippen LogP contribution in [0.3, 0.4) is 0 Å². The molecular formula is C14H17N3O3. The van der Waals surface area contributed by atoms with E-state index in [1.165, 1.54) is 30.3 Å². The molecule has 0 radical (unpaired) electrons. The van der Waals surface area contributed by atoms with E-state index >= 15 is 0 Å². The van der Waals surface area contributed by atoms with Crippen molar-refractivity contribution in [2.75, 3.05) is 13.1 Å². The highest BCUT2D eigenvalue weighted by Crippen LogP contribution is 2.02. The number of carboxylic acid groups (broad SMARTS) is 1. The molecule has 2 N–H and O–H groups in total. The molecule has 0 amide bonds. The third-order valence-electron chi connectivity index (χ3n) is 3.11. The molecule has 0 saturated carbocycles. The molecule has 3 heterocycles. The van der Waals surface area contributed by atoms with Gasteiger partial charge >= 0.3 is 5.97 Å². The van der Waals surface area contributed by atoms with Crippen LogP contribution < -0.4 is 10.9 Å². The number of aromatic carboxylic acids is 1. The van der Waals surface area contributed by atoms with Crippen LogP contribution in [0.2, 0.25) is 0 Å². The first-order valence-electron chi connectivity index (χ1n) is 6.52. The Morgan fingerprint density at radius 1 is 1.35 bits per heavy atom. The second-order valence-electron chi connectivity index (χ2n) is 4.60. The van der Waals surface area contributed by atoms with Crippen molar-refractivity contribution in [2.24, 2.45) is 0 Å². The minimum atomic E-state index is -1.26. The molecule has 0 unspecified atom stereocenters. The van der Waals surface area contributed by atoms with Gasteiger partial charge in [0, 0.05) is 11.9 Å². The number of carbonyl (C=O) groups is 1. The lowest BCUT2D eigenvalue weighted by molar-refractivity contribution is 0.0694. The van der Waals surface area contributed by atoms with E-state index in [-0.39, 0.29) is 5.56 Å². The Bertz CT molecular complexity index is 667. The average Bonchev–Trinajstić information content (AvgIpc) is 2.97. The van der Waals surface area contributed by atoms with E-state index in [0.717, 1.165) is 6.20 Å². The lowest BCUT2D eigenvalue weighted by Gasteiger charge is -2.03. The first-order chi connectivity index (χ1) is 9.61. The normalized spacial score (nSPS) is 13.8. The minimum absolute atomic E-state index is 0.318.